The summed E-state index contributed by atoms with van der Waals surface area (Å²) in [6.07, 6.45) is 17.8. The first-order valence-electron chi connectivity index (χ1n) is 12.9. The average Bonchev–Trinajstić information content (AvgIpc) is 3.12. The van der Waals surface area contributed by atoms with Gasteiger partial charge >= 0.3 is 5.97 Å². The number of thiol groups is 1. The molecule has 0 spiro atoms. The zero-order chi connectivity index (χ0) is 23.1. The first-order valence-corrected chi connectivity index (χ1v) is 13.5. The molecule has 4 aliphatic rings. The summed E-state index contributed by atoms with van der Waals surface area (Å²) in [5, 5.41) is 13.2. The van der Waals surface area contributed by atoms with Crippen molar-refractivity contribution in [2.24, 2.45) is 17.8 Å². The number of nitrogens with zero attached hydrogens (tertiary/aromatic N) is 1. The Labute approximate surface area is 198 Å². The van der Waals surface area contributed by atoms with E-state index < -0.39 is 23.8 Å². The Hall–Kier alpha value is -1.08. The molecule has 0 aromatic heterocycles. The number of aliphatic carboxylic acids is 1. The number of likely N-dealkylation sites (tertiary alicyclic amines) is 1. The summed E-state index contributed by atoms with van der Waals surface area (Å²) >= 11 is 4.06. The van der Waals surface area contributed by atoms with Gasteiger partial charge in [0.25, 0.3) is 0 Å². The van der Waals surface area contributed by atoms with Gasteiger partial charge in [0.1, 0.15) is 6.04 Å². The van der Waals surface area contributed by atoms with Crippen molar-refractivity contribution in [2.75, 3.05) is 5.75 Å². The fourth-order valence-electron chi connectivity index (χ4n) is 6.08. The standard InChI is InChI=1S/C13H19NO4S.C12H23N/c1-7(6-19)11(15)14-10(13(17)18)8-4-2-3-5-9(8)12(14)16;1-3-7-11(8-4-1)13-12-9-5-2-6-10-12/h7-10,19H,2-6H2,1H3,(H,17,18);11-13H,1-10H2. The minimum Gasteiger partial charge on any atom is -0.480 e. The maximum Gasteiger partial charge on any atom is 0.327 e. The second kappa shape index (κ2) is 12.4. The molecule has 182 valence electrons. The zero-order valence-electron chi connectivity index (χ0n) is 19.6. The number of nitrogens with one attached hydrogen (secondary N) is 1. The van der Waals surface area contributed by atoms with E-state index in [0.29, 0.717) is 18.6 Å². The Balaban J connectivity index is 0.000000193. The predicted molar refractivity (Wildman–Crippen MR) is 129 cm³/mol. The number of hydrogen-bond acceptors (Lipinski definition) is 5. The van der Waals surface area contributed by atoms with Crippen molar-refractivity contribution in [1.82, 2.24) is 10.2 Å². The zero-order valence-corrected chi connectivity index (χ0v) is 20.5. The van der Waals surface area contributed by atoms with Crippen molar-refractivity contribution in [2.45, 2.75) is 115 Å². The van der Waals surface area contributed by atoms with Gasteiger partial charge in [0, 0.05) is 35.6 Å². The topological polar surface area (TPSA) is 86.7 Å². The molecule has 3 aliphatic carbocycles. The lowest BCUT2D eigenvalue weighted by molar-refractivity contribution is -0.156. The van der Waals surface area contributed by atoms with E-state index in [1.807, 2.05) is 0 Å². The van der Waals surface area contributed by atoms with Crippen LogP contribution in [-0.2, 0) is 14.4 Å². The minimum atomic E-state index is -1.07. The van der Waals surface area contributed by atoms with Gasteiger partial charge in [-0.15, -0.1) is 0 Å². The fourth-order valence-corrected chi connectivity index (χ4v) is 6.23. The highest BCUT2D eigenvalue weighted by Crippen LogP contribution is 2.42. The number of carboxylic acids is 1. The highest BCUT2D eigenvalue weighted by atomic mass is 32.1. The summed E-state index contributed by atoms with van der Waals surface area (Å²) in [5.74, 6) is -2.39. The molecule has 0 aromatic carbocycles. The van der Waals surface area contributed by atoms with E-state index in [0.717, 1.165) is 29.8 Å². The van der Waals surface area contributed by atoms with Crippen LogP contribution in [0.2, 0.25) is 0 Å². The molecule has 1 aliphatic heterocycles. The van der Waals surface area contributed by atoms with Crippen molar-refractivity contribution in [1.29, 1.82) is 0 Å². The van der Waals surface area contributed by atoms with Crippen LogP contribution in [0.5, 0.6) is 0 Å². The lowest BCUT2D eigenvalue weighted by Crippen LogP contribution is -2.47. The fraction of sp³-hybridized carbons (Fsp3) is 0.880. The number of carbonyl (C=O) groups is 3. The van der Waals surface area contributed by atoms with Gasteiger partial charge in [-0.3, -0.25) is 14.5 Å². The van der Waals surface area contributed by atoms with Gasteiger partial charge in [0.05, 0.1) is 0 Å². The number of carboxylic acid groups (broad SMARTS) is 1. The number of amides is 2. The largest absolute Gasteiger partial charge is 0.480 e. The monoisotopic (exact) mass is 466 g/mol. The molecule has 4 rings (SSSR count). The quantitative estimate of drug-likeness (QED) is 0.522. The van der Waals surface area contributed by atoms with Crippen LogP contribution in [0.3, 0.4) is 0 Å². The summed E-state index contributed by atoms with van der Waals surface area (Å²) in [4.78, 5) is 37.0. The van der Waals surface area contributed by atoms with Crippen molar-refractivity contribution in [3.8, 4) is 0 Å². The van der Waals surface area contributed by atoms with Crippen molar-refractivity contribution in [3.63, 3.8) is 0 Å². The molecular weight excluding hydrogens is 424 g/mol. The summed E-state index contributed by atoms with van der Waals surface area (Å²) in [6.45, 7) is 1.67. The Morgan fingerprint density at radius 1 is 0.938 bits per heavy atom. The van der Waals surface area contributed by atoms with Gasteiger partial charge in [0.15, 0.2) is 0 Å². The van der Waals surface area contributed by atoms with Crippen LogP contribution in [0.15, 0.2) is 0 Å². The van der Waals surface area contributed by atoms with Crippen molar-refractivity contribution in [3.05, 3.63) is 0 Å². The smallest absolute Gasteiger partial charge is 0.327 e. The molecule has 0 aromatic rings. The van der Waals surface area contributed by atoms with Gasteiger partial charge in [0.2, 0.25) is 11.8 Å². The molecular formula is C25H42N2O4S. The second-order valence-electron chi connectivity index (χ2n) is 10.3. The maximum atomic E-state index is 12.3. The number of fused-ring (bicyclic) bond motifs is 1. The molecule has 4 unspecified atom stereocenters. The van der Waals surface area contributed by atoms with Gasteiger partial charge < -0.3 is 10.4 Å². The van der Waals surface area contributed by atoms with Crippen LogP contribution in [-0.4, -0.2) is 51.7 Å². The molecule has 1 saturated heterocycles. The average molecular weight is 467 g/mol. The normalized spacial score (nSPS) is 30.2. The second-order valence-corrected chi connectivity index (χ2v) is 10.7. The SMILES string of the molecule is C1CCC(NC2CCCCC2)CC1.CC(CS)C(=O)N1C(=O)C2CCCCC2C1C(=O)O. The van der Waals surface area contributed by atoms with Crippen molar-refractivity contribution >= 4 is 30.4 Å². The van der Waals surface area contributed by atoms with E-state index in [9.17, 15) is 19.5 Å². The molecule has 32 heavy (non-hydrogen) atoms. The van der Waals surface area contributed by atoms with Crippen molar-refractivity contribution < 1.29 is 19.5 Å². The minimum absolute atomic E-state index is 0.213. The lowest BCUT2D eigenvalue weighted by Gasteiger charge is -2.30. The number of imide groups is 1. The Bertz CT molecular complexity index is 630. The Morgan fingerprint density at radius 2 is 1.44 bits per heavy atom. The first-order chi connectivity index (χ1) is 15.4. The van der Waals surface area contributed by atoms with Crippen LogP contribution in [0, 0.1) is 17.8 Å². The molecule has 0 radical (unpaired) electrons. The first kappa shape index (κ1) is 25.5. The van der Waals surface area contributed by atoms with E-state index in [1.165, 1.54) is 64.2 Å². The third-order valence-electron chi connectivity index (χ3n) is 7.93. The lowest BCUT2D eigenvalue weighted by atomic mass is 9.78. The maximum absolute atomic E-state index is 12.3. The molecule has 3 saturated carbocycles. The number of carbonyl (C=O) groups excluding carboxylic acids is 2. The highest BCUT2D eigenvalue weighted by molar-refractivity contribution is 7.80. The molecule has 1 heterocycles. The predicted octanol–water partition coefficient (Wildman–Crippen LogP) is 4.42. The summed E-state index contributed by atoms with van der Waals surface area (Å²) in [5.41, 5.74) is 0. The summed E-state index contributed by atoms with van der Waals surface area (Å²) < 4.78 is 0. The van der Waals surface area contributed by atoms with E-state index in [2.05, 4.69) is 17.9 Å². The number of rotatable bonds is 5. The van der Waals surface area contributed by atoms with Crippen LogP contribution < -0.4 is 5.32 Å². The highest BCUT2D eigenvalue weighted by Gasteiger charge is 2.54. The van der Waals surface area contributed by atoms with E-state index in [-0.39, 0.29) is 17.7 Å². The summed E-state index contributed by atoms with van der Waals surface area (Å²) in [7, 11) is 0. The molecule has 4 fully saturated rings. The molecule has 2 amide bonds. The van der Waals surface area contributed by atoms with Crippen LogP contribution in [0.1, 0.15) is 96.8 Å². The van der Waals surface area contributed by atoms with Gasteiger partial charge in [-0.25, -0.2) is 4.79 Å². The van der Waals surface area contributed by atoms with Crippen LogP contribution in [0.4, 0.5) is 0 Å². The third-order valence-corrected chi connectivity index (χ3v) is 8.47. The Morgan fingerprint density at radius 3 is 1.94 bits per heavy atom. The van der Waals surface area contributed by atoms with E-state index in [4.69, 9.17) is 0 Å². The molecule has 2 N–H and O–H groups in total. The third kappa shape index (κ3) is 6.28. The van der Waals surface area contributed by atoms with Crippen LogP contribution >= 0.6 is 12.6 Å². The van der Waals surface area contributed by atoms with Gasteiger partial charge in [-0.1, -0.05) is 58.3 Å². The number of hydrogen-bond donors (Lipinski definition) is 3. The van der Waals surface area contributed by atoms with Gasteiger partial charge in [-0.05, 0) is 38.5 Å². The molecule has 4 atom stereocenters. The molecule has 6 nitrogen and oxygen atoms in total. The summed E-state index contributed by atoms with van der Waals surface area (Å²) in [6, 6.07) is 0.765. The van der Waals surface area contributed by atoms with Gasteiger partial charge in [-0.2, -0.15) is 12.6 Å². The van der Waals surface area contributed by atoms with E-state index >= 15 is 0 Å². The molecule has 7 heteroatoms. The Kier molecular flexibility index (Phi) is 9.90. The van der Waals surface area contributed by atoms with Crippen LogP contribution in [0.25, 0.3) is 0 Å². The molecule has 0 bridgehead atoms. The van der Waals surface area contributed by atoms with E-state index in [1.54, 1.807) is 6.92 Å².